The van der Waals surface area contributed by atoms with Crippen molar-refractivity contribution < 1.29 is 0 Å². The zero-order chi connectivity index (χ0) is 14.7. The second-order valence-corrected chi connectivity index (χ2v) is 6.52. The van der Waals surface area contributed by atoms with Gasteiger partial charge in [-0.05, 0) is 55.7 Å². The van der Waals surface area contributed by atoms with Crippen LogP contribution in [0.25, 0.3) is 0 Å². The minimum Gasteiger partial charge on any atom is -0.306 e. The minimum atomic E-state index is 0.297. The second kappa shape index (κ2) is 6.75. The summed E-state index contributed by atoms with van der Waals surface area (Å²) in [5.74, 6) is 0. The Hall–Kier alpha value is -0.830. The Bertz CT molecular complexity index is 610. The summed E-state index contributed by atoms with van der Waals surface area (Å²) in [6, 6.07) is 12.8. The fourth-order valence-corrected chi connectivity index (χ4v) is 2.96. The number of hydrogen-bond acceptors (Lipinski definition) is 1. The quantitative estimate of drug-likeness (QED) is 0.758. The van der Waals surface area contributed by atoms with Crippen molar-refractivity contribution in [1.82, 2.24) is 5.32 Å². The maximum Gasteiger partial charge on any atom is 0.0451 e. The van der Waals surface area contributed by atoms with Crippen LogP contribution >= 0.6 is 27.5 Å². The molecule has 0 aliphatic carbocycles. The summed E-state index contributed by atoms with van der Waals surface area (Å²) in [6.07, 6.45) is 0. The molecule has 0 saturated carbocycles. The number of nitrogens with one attached hydrogen (secondary N) is 1. The van der Waals surface area contributed by atoms with Gasteiger partial charge in [-0.2, -0.15) is 0 Å². The normalized spacial score (nSPS) is 12.4. The first-order valence-corrected chi connectivity index (χ1v) is 7.89. The van der Waals surface area contributed by atoms with Gasteiger partial charge >= 0.3 is 0 Å². The number of aryl methyl sites for hydroxylation is 2. The van der Waals surface area contributed by atoms with E-state index in [4.69, 9.17) is 11.6 Å². The number of hydrogen-bond donors (Lipinski definition) is 1. The predicted molar refractivity (Wildman–Crippen MR) is 90.3 cm³/mol. The standard InChI is InChI=1S/C17H19BrClN/c1-11-4-6-16(12(2)8-11)13(3)20-10-14-9-15(18)5-7-17(14)19/h4-9,13,20H,10H2,1-3H3. The van der Waals surface area contributed by atoms with E-state index in [9.17, 15) is 0 Å². The van der Waals surface area contributed by atoms with Crippen LogP contribution in [0.4, 0.5) is 0 Å². The van der Waals surface area contributed by atoms with Crippen LogP contribution in [0.3, 0.4) is 0 Å². The van der Waals surface area contributed by atoms with Crippen LogP contribution in [0.5, 0.6) is 0 Å². The third kappa shape index (κ3) is 3.85. The van der Waals surface area contributed by atoms with E-state index in [1.807, 2.05) is 12.1 Å². The largest absolute Gasteiger partial charge is 0.306 e. The molecule has 1 unspecified atom stereocenters. The zero-order valence-corrected chi connectivity index (χ0v) is 14.3. The molecule has 0 heterocycles. The average Bonchev–Trinajstić information content (AvgIpc) is 2.39. The van der Waals surface area contributed by atoms with Gasteiger partial charge in [-0.3, -0.25) is 0 Å². The van der Waals surface area contributed by atoms with Gasteiger partial charge in [-0.15, -0.1) is 0 Å². The Morgan fingerprint density at radius 2 is 1.90 bits per heavy atom. The molecule has 0 bridgehead atoms. The Balaban J connectivity index is 2.08. The highest BCUT2D eigenvalue weighted by molar-refractivity contribution is 9.10. The van der Waals surface area contributed by atoms with Crippen molar-refractivity contribution in [1.29, 1.82) is 0 Å². The first-order chi connectivity index (χ1) is 9.47. The average molecular weight is 353 g/mol. The van der Waals surface area contributed by atoms with Gasteiger partial charge in [0.05, 0.1) is 0 Å². The van der Waals surface area contributed by atoms with Gasteiger partial charge in [0.25, 0.3) is 0 Å². The summed E-state index contributed by atoms with van der Waals surface area (Å²) in [4.78, 5) is 0. The molecule has 0 radical (unpaired) electrons. The molecule has 2 aromatic rings. The van der Waals surface area contributed by atoms with Crippen LogP contribution in [0.1, 0.15) is 35.2 Å². The number of rotatable bonds is 4. The highest BCUT2D eigenvalue weighted by Gasteiger charge is 2.09. The summed E-state index contributed by atoms with van der Waals surface area (Å²) < 4.78 is 1.05. The van der Waals surface area contributed by atoms with Crippen molar-refractivity contribution in [3.63, 3.8) is 0 Å². The van der Waals surface area contributed by atoms with Crippen LogP contribution in [0.15, 0.2) is 40.9 Å². The highest BCUT2D eigenvalue weighted by Crippen LogP contribution is 2.23. The number of benzene rings is 2. The molecular formula is C17H19BrClN. The molecule has 106 valence electrons. The van der Waals surface area contributed by atoms with Crippen molar-refractivity contribution in [2.75, 3.05) is 0 Å². The lowest BCUT2D eigenvalue weighted by Crippen LogP contribution is -2.19. The summed E-state index contributed by atoms with van der Waals surface area (Å²) in [5, 5.41) is 4.34. The molecular weight excluding hydrogens is 334 g/mol. The van der Waals surface area contributed by atoms with Crippen LogP contribution in [-0.4, -0.2) is 0 Å². The molecule has 0 aliphatic heterocycles. The molecule has 0 fully saturated rings. The van der Waals surface area contributed by atoms with Crippen molar-refractivity contribution in [2.24, 2.45) is 0 Å². The molecule has 0 saturated heterocycles. The summed E-state index contributed by atoms with van der Waals surface area (Å²) in [7, 11) is 0. The van der Waals surface area contributed by atoms with E-state index in [2.05, 4.69) is 66.3 Å². The monoisotopic (exact) mass is 351 g/mol. The lowest BCUT2D eigenvalue weighted by Gasteiger charge is -2.17. The van der Waals surface area contributed by atoms with Crippen molar-refractivity contribution in [2.45, 2.75) is 33.4 Å². The van der Waals surface area contributed by atoms with Crippen LogP contribution in [0, 0.1) is 13.8 Å². The van der Waals surface area contributed by atoms with Crippen LogP contribution in [0.2, 0.25) is 5.02 Å². The van der Waals surface area contributed by atoms with Gasteiger partial charge in [0.15, 0.2) is 0 Å². The molecule has 1 N–H and O–H groups in total. The lowest BCUT2D eigenvalue weighted by atomic mass is 10.00. The maximum absolute atomic E-state index is 6.22. The second-order valence-electron chi connectivity index (χ2n) is 5.20. The molecule has 0 amide bonds. The third-order valence-electron chi connectivity index (χ3n) is 3.50. The minimum absolute atomic E-state index is 0.297. The van der Waals surface area contributed by atoms with Crippen LogP contribution < -0.4 is 5.32 Å². The summed E-state index contributed by atoms with van der Waals surface area (Å²) in [6.45, 7) is 7.22. The van der Waals surface area contributed by atoms with Gasteiger partial charge in [0.2, 0.25) is 0 Å². The first kappa shape index (κ1) is 15.6. The fraction of sp³-hybridized carbons (Fsp3) is 0.294. The van der Waals surface area contributed by atoms with E-state index in [-0.39, 0.29) is 0 Å². The molecule has 20 heavy (non-hydrogen) atoms. The maximum atomic E-state index is 6.22. The van der Waals surface area contributed by atoms with Crippen molar-refractivity contribution in [3.8, 4) is 0 Å². The SMILES string of the molecule is Cc1ccc(C(C)NCc2cc(Br)ccc2Cl)c(C)c1. The molecule has 1 nitrogen and oxygen atoms in total. The van der Waals surface area contributed by atoms with Gasteiger partial charge in [-0.25, -0.2) is 0 Å². The first-order valence-electron chi connectivity index (χ1n) is 6.72. The van der Waals surface area contributed by atoms with E-state index in [1.165, 1.54) is 16.7 Å². The lowest BCUT2D eigenvalue weighted by molar-refractivity contribution is 0.572. The highest BCUT2D eigenvalue weighted by atomic mass is 79.9. The Kier molecular flexibility index (Phi) is 5.25. The molecule has 3 heteroatoms. The summed E-state index contributed by atoms with van der Waals surface area (Å²) in [5.41, 5.74) is 5.07. The molecule has 2 rings (SSSR count). The van der Waals surface area contributed by atoms with E-state index in [0.717, 1.165) is 21.6 Å². The molecule has 2 aromatic carbocycles. The predicted octanol–water partition coefficient (Wildman–Crippen LogP) is 5.57. The topological polar surface area (TPSA) is 12.0 Å². The molecule has 0 spiro atoms. The van der Waals surface area contributed by atoms with Crippen molar-refractivity contribution in [3.05, 3.63) is 68.1 Å². The summed E-state index contributed by atoms with van der Waals surface area (Å²) >= 11 is 9.70. The van der Waals surface area contributed by atoms with E-state index >= 15 is 0 Å². The smallest absolute Gasteiger partial charge is 0.0451 e. The third-order valence-corrected chi connectivity index (χ3v) is 4.36. The van der Waals surface area contributed by atoms with Crippen molar-refractivity contribution >= 4 is 27.5 Å². The molecule has 1 atom stereocenters. The van der Waals surface area contributed by atoms with Gasteiger partial charge < -0.3 is 5.32 Å². The fourth-order valence-electron chi connectivity index (χ4n) is 2.36. The molecule has 0 aliphatic rings. The van der Waals surface area contributed by atoms with Gasteiger partial charge in [0.1, 0.15) is 0 Å². The van der Waals surface area contributed by atoms with Gasteiger partial charge in [0, 0.05) is 22.1 Å². The van der Waals surface area contributed by atoms with Gasteiger partial charge in [-0.1, -0.05) is 51.3 Å². The van der Waals surface area contributed by atoms with E-state index in [0.29, 0.717) is 6.04 Å². The Morgan fingerprint density at radius 3 is 2.60 bits per heavy atom. The van der Waals surface area contributed by atoms with E-state index < -0.39 is 0 Å². The van der Waals surface area contributed by atoms with Crippen LogP contribution in [-0.2, 0) is 6.54 Å². The number of halogens is 2. The zero-order valence-electron chi connectivity index (χ0n) is 12.0. The Labute approximate surface area is 134 Å². The molecule has 0 aromatic heterocycles. The Morgan fingerprint density at radius 1 is 1.15 bits per heavy atom. The van der Waals surface area contributed by atoms with E-state index in [1.54, 1.807) is 0 Å².